The Bertz CT molecular complexity index is 451. The number of carbonyl (C=O) groups excluding carboxylic acids is 1. The highest BCUT2D eigenvalue weighted by Crippen LogP contribution is 2.09. The number of H-pyrrole nitrogens is 1. The van der Waals surface area contributed by atoms with E-state index >= 15 is 0 Å². The van der Waals surface area contributed by atoms with Crippen LogP contribution >= 0.6 is 0 Å². The zero-order valence-electron chi connectivity index (χ0n) is 13.9. The van der Waals surface area contributed by atoms with Crippen LogP contribution in [0.15, 0.2) is 6.07 Å². The number of hydrogen-bond acceptors (Lipinski definition) is 3. The van der Waals surface area contributed by atoms with Gasteiger partial charge in [-0.3, -0.25) is 5.10 Å². The molecule has 0 spiro atoms. The van der Waals surface area contributed by atoms with Gasteiger partial charge in [-0.25, -0.2) is 4.79 Å². The molecule has 2 heterocycles. The summed E-state index contributed by atoms with van der Waals surface area (Å²) in [5.41, 5.74) is 1.88. The molecule has 0 aromatic carbocycles. The number of likely N-dealkylation sites (N-methyl/N-ethyl adjacent to an activating group) is 1. The lowest BCUT2D eigenvalue weighted by Gasteiger charge is -2.26. The molecule has 1 aromatic heterocycles. The normalized spacial score (nSPS) is 16.3. The van der Waals surface area contributed by atoms with Crippen molar-refractivity contribution in [1.82, 2.24) is 25.3 Å². The fourth-order valence-electron chi connectivity index (χ4n) is 2.87. The van der Waals surface area contributed by atoms with Gasteiger partial charge in [0, 0.05) is 25.3 Å². The number of urea groups is 1. The van der Waals surface area contributed by atoms with Crippen molar-refractivity contribution in [1.29, 1.82) is 0 Å². The summed E-state index contributed by atoms with van der Waals surface area (Å²) in [4.78, 5) is 16.6. The van der Waals surface area contributed by atoms with Crippen molar-refractivity contribution < 1.29 is 4.79 Å². The van der Waals surface area contributed by atoms with Gasteiger partial charge >= 0.3 is 6.03 Å². The van der Waals surface area contributed by atoms with Crippen LogP contribution in [0.4, 0.5) is 4.79 Å². The SMILES string of the molecule is CCN(CCN1CCCCCC1)C(=O)NCc1cc(C)[nH]n1. The first kappa shape index (κ1) is 16.8. The maximum absolute atomic E-state index is 12.3. The molecule has 2 amide bonds. The van der Waals surface area contributed by atoms with Gasteiger partial charge in [0.15, 0.2) is 0 Å². The number of carbonyl (C=O) groups is 1. The van der Waals surface area contributed by atoms with Gasteiger partial charge in [-0.15, -0.1) is 0 Å². The number of nitrogens with one attached hydrogen (secondary N) is 2. The molecule has 1 aliphatic rings. The summed E-state index contributed by atoms with van der Waals surface area (Å²) >= 11 is 0. The lowest BCUT2D eigenvalue weighted by atomic mass is 10.2. The minimum atomic E-state index is -0.00187. The summed E-state index contributed by atoms with van der Waals surface area (Å²) in [5, 5.41) is 9.97. The average Bonchev–Trinajstić information content (AvgIpc) is 2.76. The van der Waals surface area contributed by atoms with Gasteiger partial charge in [-0.1, -0.05) is 12.8 Å². The van der Waals surface area contributed by atoms with E-state index in [1.807, 2.05) is 24.8 Å². The second-order valence-corrected chi connectivity index (χ2v) is 6.04. The molecule has 0 radical (unpaired) electrons. The van der Waals surface area contributed by atoms with Gasteiger partial charge in [0.05, 0.1) is 12.2 Å². The van der Waals surface area contributed by atoms with Crippen molar-refractivity contribution in [2.24, 2.45) is 0 Å². The summed E-state index contributed by atoms with van der Waals surface area (Å²) in [6, 6.07) is 1.95. The second kappa shape index (κ2) is 8.78. The molecule has 6 nitrogen and oxygen atoms in total. The van der Waals surface area contributed by atoms with E-state index in [4.69, 9.17) is 0 Å². The molecular formula is C16H29N5O. The number of likely N-dealkylation sites (tertiary alicyclic amines) is 1. The number of aromatic nitrogens is 2. The van der Waals surface area contributed by atoms with E-state index in [0.29, 0.717) is 6.54 Å². The monoisotopic (exact) mass is 307 g/mol. The molecule has 1 aromatic rings. The van der Waals surface area contributed by atoms with E-state index in [2.05, 4.69) is 20.4 Å². The quantitative estimate of drug-likeness (QED) is 0.846. The van der Waals surface area contributed by atoms with Gasteiger partial charge in [0.1, 0.15) is 0 Å². The summed E-state index contributed by atoms with van der Waals surface area (Å²) in [5.74, 6) is 0. The van der Waals surface area contributed by atoms with E-state index in [9.17, 15) is 4.79 Å². The third-order valence-electron chi connectivity index (χ3n) is 4.23. The largest absolute Gasteiger partial charge is 0.332 e. The number of aromatic amines is 1. The van der Waals surface area contributed by atoms with Gasteiger partial charge in [-0.2, -0.15) is 5.10 Å². The number of aryl methyl sites for hydroxylation is 1. The first-order chi connectivity index (χ1) is 10.7. The molecule has 1 aliphatic heterocycles. The van der Waals surface area contributed by atoms with Gasteiger partial charge in [-0.05, 0) is 45.8 Å². The van der Waals surface area contributed by atoms with Gasteiger partial charge in [0.2, 0.25) is 0 Å². The molecule has 1 saturated heterocycles. The van der Waals surface area contributed by atoms with Crippen LogP contribution in [0, 0.1) is 6.92 Å². The Morgan fingerprint density at radius 1 is 1.36 bits per heavy atom. The van der Waals surface area contributed by atoms with E-state index in [1.165, 1.54) is 38.8 Å². The Labute approximate surface area is 133 Å². The number of rotatable bonds is 6. The molecule has 2 N–H and O–H groups in total. The molecule has 0 atom stereocenters. The van der Waals surface area contributed by atoms with Crippen molar-refractivity contribution in [3.8, 4) is 0 Å². The first-order valence-electron chi connectivity index (χ1n) is 8.45. The summed E-state index contributed by atoms with van der Waals surface area (Å²) < 4.78 is 0. The lowest BCUT2D eigenvalue weighted by molar-refractivity contribution is 0.185. The van der Waals surface area contributed by atoms with Crippen molar-refractivity contribution in [2.75, 3.05) is 32.7 Å². The predicted octanol–water partition coefficient (Wildman–Crippen LogP) is 2.13. The second-order valence-electron chi connectivity index (χ2n) is 6.04. The molecule has 6 heteroatoms. The Kier molecular flexibility index (Phi) is 6.71. The highest BCUT2D eigenvalue weighted by molar-refractivity contribution is 5.74. The fraction of sp³-hybridized carbons (Fsp3) is 0.750. The number of hydrogen-bond donors (Lipinski definition) is 2. The van der Waals surface area contributed by atoms with Crippen LogP contribution in [-0.4, -0.2) is 58.8 Å². The van der Waals surface area contributed by atoms with Crippen LogP contribution < -0.4 is 5.32 Å². The zero-order valence-corrected chi connectivity index (χ0v) is 13.9. The van der Waals surface area contributed by atoms with Crippen LogP contribution in [0.25, 0.3) is 0 Å². The first-order valence-corrected chi connectivity index (χ1v) is 8.45. The van der Waals surface area contributed by atoms with Crippen molar-refractivity contribution in [3.63, 3.8) is 0 Å². The molecule has 0 saturated carbocycles. The van der Waals surface area contributed by atoms with E-state index in [1.54, 1.807) is 0 Å². The molecule has 0 unspecified atom stereocenters. The highest BCUT2D eigenvalue weighted by Gasteiger charge is 2.14. The Morgan fingerprint density at radius 2 is 2.09 bits per heavy atom. The van der Waals surface area contributed by atoms with Crippen molar-refractivity contribution in [3.05, 3.63) is 17.5 Å². The number of amides is 2. The van der Waals surface area contributed by atoms with E-state index in [-0.39, 0.29) is 6.03 Å². The van der Waals surface area contributed by atoms with Crippen molar-refractivity contribution in [2.45, 2.75) is 46.1 Å². The topological polar surface area (TPSA) is 64.3 Å². The van der Waals surface area contributed by atoms with E-state index < -0.39 is 0 Å². The smallest absolute Gasteiger partial charge is 0.317 e. The fourth-order valence-corrected chi connectivity index (χ4v) is 2.87. The minimum Gasteiger partial charge on any atom is -0.332 e. The molecule has 0 bridgehead atoms. The van der Waals surface area contributed by atoms with Gasteiger partial charge in [0.25, 0.3) is 0 Å². The van der Waals surface area contributed by atoms with Crippen molar-refractivity contribution >= 4 is 6.03 Å². The highest BCUT2D eigenvalue weighted by atomic mass is 16.2. The van der Waals surface area contributed by atoms with Crippen LogP contribution in [0.1, 0.15) is 44.0 Å². The maximum Gasteiger partial charge on any atom is 0.317 e. The summed E-state index contributed by atoms with van der Waals surface area (Å²) in [6.45, 7) is 9.31. The summed E-state index contributed by atoms with van der Waals surface area (Å²) in [6.07, 6.45) is 5.27. The Morgan fingerprint density at radius 3 is 2.68 bits per heavy atom. The molecular weight excluding hydrogens is 278 g/mol. The molecule has 124 valence electrons. The molecule has 22 heavy (non-hydrogen) atoms. The van der Waals surface area contributed by atoms with E-state index in [0.717, 1.165) is 31.0 Å². The van der Waals surface area contributed by atoms with Crippen LogP contribution in [0.3, 0.4) is 0 Å². The summed E-state index contributed by atoms with van der Waals surface area (Å²) in [7, 11) is 0. The minimum absolute atomic E-state index is 0.00187. The predicted molar refractivity (Wildman–Crippen MR) is 87.7 cm³/mol. The third kappa shape index (κ3) is 5.33. The lowest BCUT2D eigenvalue weighted by Crippen LogP contribution is -2.43. The maximum atomic E-state index is 12.3. The number of nitrogens with zero attached hydrogens (tertiary/aromatic N) is 3. The Hall–Kier alpha value is -1.56. The van der Waals surface area contributed by atoms with Gasteiger partial charge < -0.3 is 15.1 Å². The van der Waals surface area contributed by atoms with Crippen LogP contribution in [0.5, 0.6) is 0 Å². The molecule has 1 fully saturated rings. The average molecular weight is 307 g/mol. The Balaban J connectivity index is 1.73. The third-order valence-corrected chi connectivity index (χ3v) is 4.23. The molecule has 0 aliphatic carbocycles. The van der Waals surface area contributed by atoms with Crippen LogP contribution in [-0.2, 0) is 6.54 Å². The standard InChI is InChI=1S/C16H29N5O/c1-3-21(11-10-20-8-6-4-5-7-9-20)16(22)17-13-15-12-14(2)18-19-15/h12H,3-11,13H2,1-2H3,(H,17,22)(H,18,19). The van der Waals surface area contributed by atoms with Crippen LogP contribution in [0.2, 0.25) is 0 Å². The molecule has 2 rings (SSSR count). The zero-order chi connectivity index (χ0) is 15.8.